The van der Waals surface area contributed by atoms with Gasteiger partial charge in [0.15, 0.2) is 11.5 Å². The van der Waals surface area contributed by atoms with Crippen LogP contribution in [0.3, 0.4) is 0 Å². The third-order valence-electron chi connectivity index (χ3n) is 3.59. The first-order valence-electron chi connectivity index (χ1n) is 7.04. The van der Waals surface area contributed by atoms with Crippen molar-refractivity contribution in [2.45, 2.75) is 19.9 Å². The monoisotopic (exact) mass is 264 g/mol. The molecule has 0 saturated carbocycles. The molecule has 2 N–H and O–H groups in total. The van der Waals surface area contributed by atoms with Gasteiger partial charge in [0.05, 0.1) is 6.61 Å². The number of nitrogens with one attached hydrogen (secondary N) is 1. The number of likely N-dealkylation sites (tertiary alicyclic amines) is 1. The van der Waals surface area contributed by atoms with Gasteiger partial charge in [0.1, 0.15) is 0 Å². The molecule has 0 radical (unpaired) electrons. The number of hydrogen-bond donors (Lipinski definition) is 2. The Morgan fingerprint density at radius 3 is 3.05 bits per heavy atom. The summed E-state index contributed by atoms with van der Waals surface area (Å²) in [4.78, 5) is 2.46. The molecule has 0 aliphatic carbocycles. The molecule has 4 nitrogen and oxygen atoms in total. The maximum atomic E-state index is 9.69. The number of hydrogen-bond acceptors (Lipinski definition) is 4. The van der Waals surface area contributed by atoms with E-state index in [1.54, 1.807) is 6.07 Å². The molecular weight excluding hydrogens is 240 g/mol. The minimum atomic E-state index is 0.222. The molecule has 0 aromatic heterocycles. The van der Waals surface area contributed by atoms with E-state index < -0.39 is 0 Å². The fourth-order valence-electron chi connectivity index (χ4n) is 2.70. The molecule has 106 valence electrons. The first kappa shape index (κ1) is 14.2. The average molecular weight is 264 g/mol. The number of ether oxygens (including phenoxy) is 1. The van der Waals surface area contributed by atoms with Gasteiger partial charge in [0.2, 0.25) is 0 Å². The molecule has 19 heavy (non-hydrogen) atoms. The number of rotatable bonds is 6. The molecule has 4 heteroatoms. The van der Waals surface area contributed by atoms with E-state index in [0.717, 1.165) is 32.1 Å². The molecule has 1 aliphatic heterocycles. The van der Waals surface area contributed by atoms with E-state index in [1.807, 2.05) is 26.1 Å². The molecule has 1 aromatic carbocycles. The Morgan fingerprint density at radius 2 is 2.32 bits per heavy atom. The van der Waals surface area contributed by atoms with Gasteiger partial charge in [-0.1, -0.05) is 6.07 Å². The van der Waals surface area contributed by atoms with Crippen LogP contribution < -0.4 is 10.1 Å². The van der Waals surface area contributed by atoms with Crippen molar-refractivity contribution in [3.05, 3.63) is 23.8 Å². The first-order valence-corrected chi connectivity index (χ1v) is 7.04. The highest BCUT2D eigenvalue weighted by atomic mass is 16.5. The largest absolute Gasteiger partial charge is 0.504 e. The van der Waals surface area contributed by atoms with Crippen LogP contribution in [0.25, 0.3) is 0 Å². The van der Waals surface area contributed by atoms with Crippen molar-refractivity contribution in [2.24, 2.45) is 5.92 Å². The van der Waals surface area contributed by atoms with Gasteiger partial charge in [0, 0.05) is 13.1 Å². The molecule has 1 aliphatic rings. The lowest BCUT2D eigenvalue weighted by molar-refractivity contribution is 0.306. The second kappa shape index (κ2) is 6.78. The van der Waals surface area contributed by atoms with Gasteiger partial charge in [-0.25, -0.2) is 0 Å². The van der Waals surface area contributed by atoms with E-state index >= 15 is 0 Å². The second-order valence-electron chi connectivity index (χ2n) is 5.18. The predicted octanol–water partition coefficient (Wildman–Crippen LogP) is 1.83. The van der Waals surface area contributed by atoms with Crippen molar-refractivity contribution in [3.8, 4) is 11.5 Å². The smallest absolute Gasteiger partial charge is 0.161 e. The fourth-order valence-corrected chi connectivity index (χ4v) is 2.70. The molecule has 2 rings (SSSR count). The Morgan fingerprint density at radius 1 is 1.47 bits per heavy atom. The maximum absolute atomic E-state index is 9.69. The summed E-state index contributed by atoms with van der Waals surface area (Å²) in [6.45, 7) is 6.82. The van der Waals surface area contributed by atoms with Crippen LogP contribution in [0.5, 0.6) is 11.5 Å². The Labute approximate surface area is 115 Å². The number of nitrogens with zero attached hydrogens (tertiary/aromatic N) is 1. The van der Waals surface area contributed by atoms with Gasteiger partial charge in [0.25, 0.3) is 0 Å². The Hall–Kier alpha value is -1.26. The highest BCUT2D eigenvalue weighted by molar-refractivity contribution is 5.41. The number of phenolic OH excluding ortho intramolecular Hbond substituents is 1. The Bertz CT molecular complexity index is 409. The van der Waals surface area contributed by atoms with Crippen molar-refractivity contribution in [1.29, 1.82) is 0 Å². The lowest BCUT2D eigenvalue weighted by Crippen LogP contribution is -2.24. The van der Waals surface area contributed by atoms with Crippen molar-refractivity contribution in [3.63, 3.8) is 0 Å². The summed E-state index contributed by atoms with van der Waals surface area (Å²) in [5.41, 5.74) is 1.20. The molecule has 1 aromatic rings. The SMILES string of the molecule is CCOc1cc(CN2CCC(CNC)C2)ccc1O. The summed E-state index contributed by atoms with van der Waals surface area (Å²) < 4.78 is 5.42. The topological polar surface area (TPSA) is 44.7 Å². The quantitative estimate of drug-likeness (QED) is 0.823. The van der Waals surface area contributed by atoms with Crippen molar-refractivity contribution in [2.75, 3.05) is 33.3 Å². The van der Waals surface area contributed by atoms with Gasteiger partial charge in [-0.05, 0) is 57.1 Å². The molecular formula is C15H24N2O2. The molecule has 1 atom stereocenters. The van der Waals surface area contributed by atoms with Gasteiger partial charge < -0.3 is 15.2 Å². The van der Waals surface area contributed by atoms with Crippen LogP contribution in [0.1, 0.15) is 18.9 Å². The van der Waals surface area contributed by atoms with E-state index in [1.165, 1.54) is 12.0 Å². The fraction of sp³-hybridized carbons (Fsp3) is 0.600. The highest BCUT2D eigenvalue weighted by Crippen LogP contribution is 2.28. The zero-order valence-electron chi connectivity index (χ0n) is 11.9. The molecule has 0 spiro atoms. The molecule has 1 unspecified atom stereocenters. The highest BCUT2D eigenvalue weighted by Gasteiger charge is 2.21. The summed E-state index contributed by atoms with van der Waals surface area (Å²) in [5.74, 6) is 1.57. The van der Waals surface area contributed by atoms with Crippen LogP contribution in [0.15, 0.2) is 18.2 Å². The second-order valence-corrected chi connectivity index (χ2v) is 5.18. The summed E-state index contributed by atoms with van der Waals surface area (Å²) >= 11 is 0. The standard InChI is InChI=1S/C15H24N2O2/c1-3-19-15-8-12(4-5-14(15)18)10-17-7-6-13(11-17)9-16-2/h4-5,8,13,16,18H,3,6-7,9-11H2,1-2H3. The molecule has 1 saturated heterocycles. The van der Waals surface area contributed by atoms with E-state index in [9.17, 15) is 5.11 Å². The third kappa shape index (κ3) is 3.85. The van der Waals surface area contributed by atoms with Gasteiger partial charge >= 0.3 is 0 Å². The molecule has 0 bridgehead atoms. The lowest BCUT2D eigenvalue weighted by Gasteiger charge is -2.17. The Balaban J connectivity index is 1.94. The predicted molar refractivity (Wildman–Crippen MR) is 76.6 cm³/mol. The number of aromatic hydroxyl groups is 1. The van der Waals surface area contributed by atoms with Crippen LogP contribution in [-0.4, -0.2) is 43.3 Å². The average Bonchev–Trinajstić information content (AvgIpc) is 2.82. The van der Waals surface area contributed by atoms with Crippen LogP contribution in [0, 0.1) is 5.92 Å². The summed E-state index contributed by atoms with van der Waals surface area (Å²) in [6.07, 6.45) is 1.26. The zero-order valence-corrected chi connectivity index (χ0v) is 11.9. The normalized spacial score (nSPS) is 19.8. The Kier molecular flexibility index (Phi) is 5.05. The van der Waals surface area contributed by atoms with Crippen molar-refractivity contribution < 1.29 is 9.84 Å². The van der Waals surface area contributed by atoms with Crippen LogP contribution in [0.2, 0.25) is 0 Å². The van der Waals surface area contributed by atoms with E-state index in [-0.39, 0.29) is 5.75 Å². The third-order valence-corrected chi connectivity index (χ3v) is 3.59. The van der Waals surface area contributed by atoms with Gasteiger partial charge in [-0.15, -0.1) is 0 Å². The van der Waals surface area contributed by atoms with Crippen LogP contribution in [-0.2, 0) is 6.54 Å². The molecule has 1 fully saturated rings. The van der Waals surface area contributed by atoms with Crippen LogP contribution >= 0.6 is 0 Å². The lowest BCUT2D eigenvalue weighted by atomic mass is 10.1. The van der Waals surface area contributed by atoms with E-state index in [2.05, 4.69) is 10.2 Å². The van der Waals surface area contributed by atoms with E-state index in [0.29, 0.717) is 12.4 Å². The summed E-state index contributed by atoms with van der Waals surface area (Å²) in [6, 6.07) is 5.65. The van der Waals surface area contributed by atoms with Crippen molar-refractivity contribution in [1.82, 2.24) is 10.2 Å². The van der Waals surface area contributed by atoms with Crippen LogP contribution in [0.4, 0.5) is 0 Å². The van der Waals surface area contributed by atoms with E-state index in [4.69, 9.17) is 4.74 Å². The minimum absolute atomic E-state index is 0.222. The van der Waals surface area contributed by atoms with Gasteiger partial charge in [-0.2, -0.15) is 0 Å². The first-order chi connectivity index (χ1) is 9.22. The molecule has 1 heterocycles. The van der Waals surface area contributed by atoms with Crippen molar-refractivity contribution >= 4 is 0 Å². The summed E-state index contributed by atoms with van der Waals surface area (Å²) in [7, 11) is 2.01. The maximum Gasteiger partial charge on any atom is 0.161 e. The summed E-state index contributed by atoms with van der Waals surface area (Å²) in [5, 5.41) is 12.9. The number of phenols is 1. The number of benzene rings is 1. The molecule has 0 amide bonds. The zero-order chi connectivity index (χ0) is 13.7. The minimum Gasteiger partial charge on any atom is -0.504 e. The van der Waals surface area contributed by atoms with Gasteiger partial charge in [-0.3, -0.25) is 4.90 Å².